The van der Waals surface area contributed by atoms with Gasteiger partial charge in [-0.2, -0.15) is 0 Å². The summed E-state index contributed by atoms with van der Waals surface area (Å²) in [7, 11) is 0. The Labute approximate surface area is 94.0 Å². The zero-order valence-corrected chi connectivity index (χ0v) is 9.11. The van der Waals surface area contributed by atoms with Gasteiger partial charge in [0.05, 0.1) is 6.42 Å². The molecule has 6 nitrogen and oxygen atoms in total. The van der Waals surface area contributed by atoms with E-state index in [1.54, 1.807) is 0 Å². The molecule has 0 aromatic carbocycles. The fraction of sp³-hybridized carbons (Fsp3) is 0.700. The number of hydrogen-bond donors (Lipinski definition) is 4. The molecule has 92 valence electrons. The third kappa shape index (κ3) is 9.14. The molecule has 0 heterocycles. The predicted molar refractivity (Wildman–Crippen MR) is 58.7 cm³/mol. The summed E-state index contributed by atoms with van der Waals surface area (Å²) >= 11 is 0. The first-order valence-electron chi connectivity index (χ1n) is 5.17. The summed E-state index contributed by atoms with van der Waals surface area (Å²) in [6.45, 7) is 0. The number of carbonyl (C=O) groups is 2. The van der Waals surface area contributed by atoms with Crippen molar-refractivity contribution >= 4 is 17.7 Å². The van der Waals surface area contributed by atoms with Gasteiger partial charge in [0.1, 0.15) is 0 Å². The first-order valence-corrected chi connectivity index (χ1v) is 5.17. The summed E-state index contributed by atoms with van der Waals surface area (Å²) in [6, 6.07) is -0.235. The monoisotopic (exact) mass is 230 g/mol. The highest BCUT2D eigenvalue weighted by Gasteiger charge is 2.08. The summed E-state index contributed by atoms with van der Waals surface area (Å²) in [6.07, 6.45) is 1.59. The highest BCUT2D eigenvalue weighted by Crippen LogP contribution is 2.05. The lowest BCUT2D eigenvalue weighted by atomic mass is 10.0. The van der Waals surface area contributed by atoms with Gasteiger partial charge < -0.3 is 21.4 Å². The van der Waals surface area contributed by atoms with Crippen LogP contribution in [0.1, 0.15) is 38.5 Å². The number of nitrogens with one attached hydrogen (secondary N) is 1. The molecule has 1 atom stereocenters. The highest BCUT2D eigenvalue weighted by molar-refractivity contribution is 5.84. The Kier molecular flexibility index (Phi) is 7.11. The van der Waals surface area contributed by atoms with Crippen LogP contribution in [0.3, 0.4) is 0 Å². The first kappa shape index (κ1) is 14.6. The van der Waals surface area contributed by atoms with Crippen molar-refractivity contribution < 1.29 is 19.8 Å². The molecule has 0 saturated carbocycles. The van der Waals surface area contributed by atoms with Crippen molar-refractivity contribution in [3.05, 3.63) is 0 Å². The van der Waals surface area contributed by atoms with E-state index in [0.717, 1.165) is 0 Å². The molecular weight excluding hydrogens is 212 g/mol. The second-order valence-electron chi connectivity index (χ2n) is 3.73. The van der Waals surface area contributed by atoms with Crippen LogP contribution in [0.5, 0.6) is 0 Å². The largest absolute Gasteiger partial charge is 0.481 e. The SMILES string of the molecule is N=C(CCC(=O)O)CC[C@H](N)CCC(=O)O. The minimum Gasteiger partial charge on any atom is -0.481 e. The van der Waals surface area contributed by atoms with Crippen molar-refractivity contribution in [3.63, 3.8) is 0 Å². The van der Waals surface area contributed by atoms with Crippen molar-refractivity contribution in [3.8, 4) is 0 Å². The lowest BCUT2D eigenvalue weighted by Crippen LogP contribution is -2.22. The van der Waals surface area contributed by atoms with Gasteiger partial charge in [-0.3, -0.25) is 9.59 Å². The molecule has 0 radical (unpaired) electrons. The van der Waals surface area contributed by atoms with Crippen molar-refractivity contribution in [2.75, 3.05) is 0 Å². The van der Waals surface area contributed by atoms with E-state index in [-0.39, 0.29) is 25.3 Å². The molecule has 0 aromatic rings. The van der Waals surface area contributed by atoms with E-state index in [4.69, 9.17) is 21.4 Å². The van der Waals surface area contributed by atoms with Gasteiger partial charge in [-0.1, -0.05) is 0 Å². The Morgan fingerprint density at radius 3 is 2.00 bits per heavy atom. The van der Waals surface area contributed by atoms with E-state index in [0.29, 0.717) is 25.0 Å². The van der Waals surface area contributed by atoms with Gasteiger partial charge in [0.25, 0.3) is 0 Å². The van der Waals surface area contributed by atoms with E-state index >= 15 is 0 Å². The quantitative estimate of drug-likeness (QED) is 0.437. The molecule has 5 N–H and O–H groups in total. The number of carboxylic acids is 2. The van der Waals surface area contributed by atoms with Crippen LogP contribution in [0.15, 0.2) is 0 Å². The van der Waals surface area contributed by atoms with Gasteiger partial charge >= 0.3 is 11.9 Å². The minimum atomic E-state index is -0.917. The fourth-order valence-electron chi connectivity index (χ4n) is 1.20. The molecule has 0 spiro atoms. The molecule has 0 unspecified atom stereocenters. The Bertz CT molecular complexity index is 266. The maximum absolute atomic E-state index is 10.3. The zero-order valence-electron chi connectivity index (χ0n) is 9.11. The molecule has 0 aromatic heterocycles. The number of aliphatic carboxylic acids is 2. The number of rotatable bonds is 9. The van der Waals surface area contributed by atoms with E-state index < -0.39 is 11.9 Å². The maximum Gasteiger partial charge on any atom is 0.303 e. The Morgan fingerprint density at radius 2 is 1.50 bits per heavy atom. The van der Waals surface area contributed by atoms with Gasteiger partial charge in [-0.05, 0) is 25.7 Å². The maximum atomic E-state index is 10.3. The molecule has 0 bridgehead atoms. The minimum absolute atomic E-state index is 0.0314. The molecule has 0 amide bonds. The Morgan fingerprint density at radius 1 is 1.00 bits per heavy atom. The summed E-state index contributed by atoms with van der Waals surface area (Å²) in [5, 5.41) is 24.3. The van der Waals surface area contributed by atoms with Gasteiger partial charge in [-0.15, -0.1) is 0 Å². The van der Waals surface area contributed by atoms with Crippen LogP contribution in [-0.2, 0) is 9.59 Å². The number of carboxylic acid groups (broad SMARTS) is 2. The molecule has 6 heteroatoms. The van der Waals surface area contributed by atoms with E-state index in [1.807, 2.05) is 0 Å². The van der Waals surface area contributed by atoms with Gasteiger partial charge in [-0.25, -0.2) is 0 Å². The summed E-state index contributed by atoms with van der Waals surface area (Å²) in [5.41, 5.74) is 6.00. The fourth-order valence-corrected chi connectivity index (χ4v) is 1.20. The predicted octanol–water partition coefficient (Wildman–Crippen LogP) is 0.843. The molecule has 0 saturated heterocycles. The van der Waals surface area contributed by atoms with Crippen molar-refractivity contribution in [1.82, 2.24) is 0 Å². The lowest BCUT2D eigenvalue weighted by Gasteiger charge is -2.10. The van der Waals surface area contributed by atoms with Crippen LogP contribution in [0.2, 0.25) is 0 Å². The van der Waals surface area contributed by atoms with Crippen LogP contribution >= 0.6 is 0 Å². The van der Waals surface area contributed by atoms with Crippen LogP contribution < -0.4 is 5.73 Å². The first-order chi connectivity index (χ1) is 7.41. The van der Waals surface area contributed by atoms with Crippen molar-refractivity contribution in [1.29, 1.82) is 5.41 Å². The molecule has 0 aliphatic heterocycles. The van der Waals surface area contributed by atoms with Crippen molar-refractivity contribution in [2.45, 2.75) is 44.6 Å². The van der Waals surface area contributed by atoms with Crippen LogP contribution in [0.25, 0.3) is 0 Å². The number of hydrogen-bond acceptors (Lipinski definition) is 4. The molecule has 0 rings (SSSR count). The zero-order chi connectivity index (χ0) is 12.6. The normalized spacial score (nSPS) is 12.1. The Balaban J connectivity index is 3.58. The van der Waals surface area contributed by atoms with Crippen LogP contribution in [-0.4, -0.2) is 33.9 Å². The van der Waals surface area contributed by atoms with Crippen LogP contribution in [0.4, 0.5) is 0 Å². The highest BCUT2D eigenvalue weighted by atomic mass is 16.4. The molecular formula is C10H18N2O4. The Hall–Kier alpha value is -1.43. The molecule has 0 fully saturated rings. The van der Waals surface area contributed by atoms with Crippen LogP contribution in [0, 0.1) is 5.41 Å². The third-order valence-electron chi connectivity index (χ3n) is 2.19. The van der Waals surface area contributed by atoms with E-state index in [9.17, 15) is 9.59 Å². The van der Waals surface area contributed by atoms with Crippen molar-refractivity contribution in [2.24, 2.45) is 5.73 Å². The van der Waals surface area contributed by atoms with Gasteiger partial charge in [0.15, 0.2) is 0 Å². The smallest absolute Gasteiger partial charge is 0.303 e. The van der Waals surface area contributed by atoms with Gasteiger partial charge in [0.2, 0.25) is 0 Å². The molecule has 0 aliphatic carbocycles. The molecule has 16 heavy (non-hydrogen) atoms. The summed E-state index contributed by atoms with van der Waals surface area (Å²) in [4.78, 5) is 20.5. The van der Waals surface area contributed by atoms with E-state index in [2.05, 4.69) is 0 Å². The standard InChI is InChI=1S/C10H18N2O4/c11-7(3-5-9(13)14)1-2-8(12)4-6-10(15)16/h7,12H,1-6,11H2,(H,13,14)(H,15,16)/t7-/m0/s1. The molecule has 0 aliphatic rings. The lowest BCUT2D eigenvalue weighted by molar-refractivity contribution is -0.138. The summed E-state index contributed by atoms with van der Waals surface area (Å²) in [5.74, 6) is -1.80. The third-order valence-corrected chi connectivity index (χ3v) is 2.19. The van der Waals surface area contributed by atoms with Gasteiger partial charge in [0, 0.05) is 18.2 Å². The second kappa shape index (κ2) is 7.81. The topological polar surface area (TPSA) is 124 Å². The number of nitrogens with two attached hydrogens (primary N) is 1. The average molecular weight is 230 g/mol. The second-order valence-corrected chi connectivity index (χ2v) is 3.73. The van der Waals surface area contributed by atoms with E-state index in [1.165, 1.54) is 0 Å². The average Bonchev–Trinajstić information content (AvgIpc) is 2.20. The summed E-state index contributed by atoms with van der Waals surface area (Å²) < 4.78 is 0.